The molecule has 1 unspecified atom stereocenters. The topological polar surface area (TPSA) is 89.9 Å². The number of hydrogen-bond acceptors (Lipinski definition) is 5. The van der Waals surface area contributed by atoms with Gasteiger partial charge in [0.15, 0.2) is 11.3 Å². The van der Waals surface area contributed by atoms with Crippen LogP contribution in [0.3, 0.4) is 0 Å². The van der Waals surface area contributed by atoms with Gasteiger partial charge in [0.25, 0.3) is 0 Å². The van der Waals surface area contributed by atoms with Gasteiger partial charge in [-0.3, -0.25) is 4.90 Å². The molecule has 1 aliphatic rings. The zero-order valence-corrected chi connectivity index (χ0v) is 11.9. The summed E-state index contributed by atoms with van der Waals surface area (Å²) < 4.78 is 4.93. The van der Waals surface area contributed by atoms with Crippen LogP contribution in [0.1, 0.15) is 27.2 Å². The van der Waals surface area contributed by atoms with Crippen molar-refractivity contribution < 1.29 is 54.1 Å². The second kappa shape index (κ2) is 4.91. The largest absolute Gasteiger partial charge is 1.00 e. The van der Waals surface area contributed by atoms with Gasteiger partial charge in [-0.25, -0.2) is 4.79 Å². The predicted molar refractivity (Wildman–Crippen MR) is 47.5 cm³/mol. The molecule has 1 rings (SSSR count). The Balaban J connectivity index is 0.00000225. The van der Waals surface area contributed by atoms with Crippen molar-refractivity contribution in [3.8, 4) is 0 Å². The molecular weight excluding hydrogens is 225 g/mol. The van der Waals surface area contributed by atoms with Gasteiger partial charge in [-0.15, -0.1) is 0 Å². The molecule has 1 saturated heterocycles. The molecule has 1 fully saturated rings. The minimum Gasteiger partial charge on any atom is -0.550 e. The summed E-state index contributed by atoms with van der Waals surface area (Å²) in [7, 11) is 0. The smallest absolute Gasteiger partial charge is 0.550 e. The summed E-state index contributed by atoms with van der Waals surface area (Å²) in [5, 5.41) is 20.3. The molecule has 0 aromatic heterocycles. The van der Waals surface area contributed by atoms with Crippen molar-refractivity contribution in [2.45, 2.75) is 38.5 Å². The van der Waals surface area contributed by atoms with E-state index in [4.69, 9.17) is 4.74 Å². The number of carbonyl (C=O) groups excluding carboxylic acids is 2. The van der Waals surface area contributed by atoms with Crippen LogP contribution in [0, 0.1) is 0 Å². The van der Waals surface area contributed by atoms with Crippen molar-refractivity contribution in [2.24, 2.45) is 0 Å². The number of rotatable bonds is 3. The molecule has 0 radical (unpaired) electrons. The number of carboxylic acid groups (broad SMARTS) is 1. The SMILES string of the molecule is CC1(C)OC(=O)N(CCC(=O)[O-])C1(C)O.[Na+]. The van der Waals surface area contributed by atoms with E-state index in [9.17, 15) is 19.8 Å². The first-order valence-corrected chi connectivity index (χ1v) is 4.61. The van der Waals surface area contributed by atoms with Gasteiger partial charge in [0.05, 0.1) is 0 Å². The van der Waals surface area contributed by atoms with Crippen molar-refractivity contribution >= 4 is 12.1 Å². The average Bonchev–Trinajstić information content (AvgIpc) is 2.15. The fraction of sp³-hybridized carbons (Fsp3) is 0.778. The standard InChI is InChI=1S/C9H15NO5.Na/c1-8(2)9(3,14)10(7(13)15-8)5-4-6(11)12;/h14H,4-5H2,1-3H3,(H,11,12);/q;+1/p-1. The molecular formula is C9H14NNaO5. The van der Waals surface area contributed by atoms with E-state index in [-0.39, 0.29) is 42.5 Å². The summed E-state index contributed by atoms with van der Waals surface area (Å²) in [6.07, 6.45) is -1.05. The molecule has 0 aliphatic carbocycles. The Morgan fingerprint density at radius 3 is 2.31 bits per heavy atom. The van der Waals surface area contributed by atoms with E-state index in [0.717, 1.165) is 4.90 Å². The fourth-order valence-corrected chi connectivity index (χ4v) is 1.38. The molecule has 0 bridgehead atoms. The van der Waals surface area contributed by atoms with Gasteiger partial charge in [-0.1, -0.05) is 0 Å². The van der Waals surface area contributed by atoms with Crippen LogP contribution in [0.4, 0.5) is 4.79 Å². The van der Waals surface area contributed by atoms with Crippen LogP contribution in [0.15, 0.2) is 0 Å². The molecule has 0 spiro atoms. The second-order valence-corrected chi connectivity index (χ2v) is 4.17. The van der Waals surface area contributed by atoms with Crippen LogP contribution in [0.5, 0.6) is 0 Å². The van der Waals surface area contributed by atoms with E-state index < -0.39 is 23.4 Å². The van der Waals surface area contributed by atoms with E-state index in [1.807, 2.05) is 0 Å². The number of nitrogens with zero attached hydrogens (tertiary/aromatic N) is 1. The van der Waals surface area contributed by atoms with E-state index in [0.29, 0.717) is 0 Å². The number of carbonyl (C=O) groups is 2. The molecule has 0 saturated carbocycles. The average molecular weight is 239 g/mol. The van der Waals surface area contributed by atoms with Gasteiger partial charge in [0, 0.05) is 18.9 Å². The molecule has 1 heterocycles. The predicted octanol–water partition coefficient (Wildman–Crippen LogP) is -3.93. The number of cyclic esters (lactones) is 1. The monoisotopic (exact) mass is 239 g/mol. The number of carboxylic acids is 1. The molecule has 16 heavy (non-hydrogen) atoms. The zero-order valence-electron chi connectivity index (χ0n) is 9.94. The molecule has 0 aromatic rings. The fourth-order valence-electron chi connectivity index (χ4n) is 1.38. The van der Waals surface area contributed by atoms with Crippen LogP contribution in [-0.4, -0.2) is 39.9 Å². The van der Waals surface area contributed by atoms with Crippen molar-refractivity contribution in [2.75, 3.05) is 6.54 Å². The van der Waals surface area contributed by atoms with Gasteiger partial charge in [-0.2, -0.15) is 0 Å². The number of hydrogen-bond donors (Lipinski definition) is 1. The maximum absolute atomic E-state index is 11.3. The van der Waals surface area contributed by atoms with Gasteiger partial charge < -0.3 is 19.7 Å². The molecule has 6 nitrogen and oxygen atoms in total. The first kappa shape index (κ1) is 15.7. The molecule has 1 aliphatic heterocycles. The third-order valence-corrected chi connectivity index (χ3v) is 2.77. The Kier molecular flexibility index (Phi) is 4.82. The van der Waals surface area contributed by atoms with E-state index in [1.165, 1.54) is 6.92 Å². The Morgan fingerprint density at radius 1 is 1.50 bits per heavy atom. The van der Waals surface area contributed by atoms with Crippen LogP contribution in [-0.2, 0) is 9.53 Å². The van der Waals surface area contributed by atoms with Crippen LogP contribution < -0.4 is 34.7 Å². The summed E-state index contributed by atoms with van der Waals surface area (Å²) in [4.78, 5) is 22.6. The van der Waals surface area contributed by atoms with Gasteiger partial charge in [0.2, 0.25) is 0 Å². The Labute approximate surface area is 116 Å². The summed E-state index contributed by atoms with van der Waals surface area (Å²) in [6.45, 7) is 4.40. The first-order valence-electron chi connectivity index (χ1n) is 4.61. The quantitative estimate of drug-likeness (QED) is 0.508. The Bertz CT molecular complexity index is 302. The number of amides is 1. The number of aliphatic hydroxyl groups is 1. The summed E-state index contributed by atoms with van der Waals surface area (Å²) in [5.41, 5.74) is -2.57. The van der Waals surface area contributed by atoms with Crippen LogP contribution in [0.25, 0.3) is 0 Å². The van der Waals surface area contributed by atoms with Crippen LogP contribution in [0.2, 0.25) is 0 Å². The van der Waals surface area contributed by atoms with Crippen molar-refractivity contribution in [1.29, 1.82) is 0 Å². The number of ether oxygens (including phenoxy) is 1. The summed E-state index contributed by atoms with van der Waals surface area (Å²) in [5.74, 6) is -1.27. The third kappa shape index (κ3) is 2.68. The molecule has 86 valence electrons. The minimum atomic E-state index is -1.51. The van der Waals surface area contributed by atoms with E-state index in [1.54, 1.807) is 13.8 Å². The number of aliphatic carboxylic acids is 1. The summed E-state index contributed by atoms with van der Waals surface area (Å²) >= 11 is 0. The molecule has 1 amide bonds. The van der Waals surface area contributed by atoms with Crippen molar-refractivity contribution in [1.82, 2.24) is 4.90 Å². The molecule has 0 aromatic carbocycles. The third-order valence-electron chi connectivity index (χ3n) is 2.77. The molecule has 7 heteroatoms. The van der Waals surface area contributed by atoms with Gasteiger partial charge in [-0.05, 0) is 20.8 Å². The Hall–Kier alpha value is -0.300. The molecule has 1 N–H and O–H groups in total. The maximum atomic E-state index is 11.3. The normalized spacial score (nSPS) is 27.2. The van der Waals surface area contributed by atoms with Crippen molar-refractivity contribution in [3.63, 3.8) is 0 Å². The Morgan fingerprint density at radius 2 is 2.00 bits per heavy atom. The van der Waals surface area contributed by atoms with Gasteiger partial charge >= 0.3 is 35.7 Å². The van der Waals surface area contributed by atoms with E-state index in [2.05, 4.69) is 0 Å². The maximum Gasteiger partial charge on any atom is 1.00 e. The minimum absolute atomic E-state index is 0. The molecule has 1 atom stereocenters. The zero-order chi connectivity index (χ0) is 11.9. The first-order chi connectivity index (χ1) is 6.68. The van der Waals surface area contributed by atoms with Crippen molar-refractivity contribution in [3.05, 3.63) is 0 Å². The summed E-state index contributed by atoms with van der Waals surface area (Å²) in [6, 6.07) is 0. The van der Waals surface area contributed by atoms with E-state index >= 15 is 0 Å². The van der Waals surface area contributed by atoms with Gasteiger partial charge in [0.1, 0.15) is 0 Å². The second-order valence-electron chi connectivity index (χ2n) is 4.17. The van der Waals surface area contributed by atoms with Crippen LogP contribution >= 0.6 is 0 Å².